The van der Waals surface area contributed by atoms with Crippen LogP contribution in [0, 0.1) is 18.8 Å². The van der Waals surface area contributed by atoms with Crippen molar-refractivity contribution in [2.24, 2.45) is 11.8 Å². The SMILES string of the molecule is Cc1ccc(C(=O)N(C)C)cc1NC(=O)C1CNCC1C. The maximum Gasteiger partial charge on any atom is 0.253 e. The van der Waals surface area contributed by atoms with E-state index in [4.69, 9.17) is 0 Å². The van der Waals surface area contributed by atoms with Gasteiger partial charge in [-0.1, -0.05) is 13.0 Å². The zero-order chi connectivity index (χ0) is 15.6. The molecule has 1 aromatic carbocycles. The lowest BCUT2D eigenvalue weighted by atomic mass is 9.97. The van der Waals surface area contributed by atoms with Gasteiger partial charge in [-0.15, -0.1) is 0 Å². The molecule has 1 aliphatic rings. The van der Waals surface area contributed by atoms with Gasteiger partial charge in [-0.25, -0.2) is 0 Å². The highest BCUT2D eigenvalue weighted by atomic mass is 16.2. The van der Waals surface area contributed by atoms with Gasteiger partial charge in [-0.3, -0.25) is 9.59 Å². The Hall–Kier alpha value is -1.88. The molecule has 2 unspecified atom stereocenters. The van der Waals surface area contributed by atoms with Gasteiger partial charge in [-0.2, -0.15) is 0 Å². The maximum absolute atomic E-state index is 12.3. The quantitative estimate of drug-likeness (QED) is 0.886. The van der Waals surface area contributed by atoms with E-state index in [1.54, 1.807) is 26.2 Å². The van der Waals surface area contributed by atoms with E-state index in [0.29, 0.717) is 23.7 Å². The number of nitrogens with one attached hydrogen (secondary N) is 2. The number of aryl methyl sites for hydroxylation is 1. The molecule has 1 heterocycles. The smallest absolute Gasteiger partial charge is 0.253 e. The standard InChI is InChI=1S/C16H23N3O2/c1-10-5-6-12(16(21)19(3)4)7-14(10)18-15(20)13-9-17-8-11(13)2/h5-7,11,13,17H,8-9H2,1-4H3,(H,18,20). The number of carbonyl (C=O) groups excluding carboxylic acids is 2. The highest BCUT2D eigenvalue weighted by molar-refractivity contribution is 5.98. The third-order valence-corrected chi connectivity index (χ3v) is 4.00. The minimum atomic E-state index is -0.0681. The number of carbonyl (C=O) groups is 2. The molecule has 5 heteroatoms. The van der Waals surface area contributed by atoms with Crippen LogP contribution in [0.15, 0.2) is 18.2 Å². The first-order valence-electron chi connectivity index (χ1n) is 7.24. The van der Waals surface area contributed by atoms with Crippen molar-refractivity contribution < 1.29 is 9.59 Å². The lowest BCUT2D eigenvalue weighted by Crippen LogP contribution is -2.28. The summed E-state index contributed by atoms with van der Waals surface area (Å²) in [7, 11) is 3.43. The predicted octanol–water partition coefficient (Wildman–Crippen LogP) is 1.49. The maximum atomic E-state index is 12.3. The van der Waals surface area contributed by atoms with E-state index in [9.17, 15) is 9.59 Å². The lowest BCUT2D eigenvalue weighted by molar-refractivity contribution is -0.120. The molecule has 2 N–H and O–H groups in total. The van der Waals surface area contributed by atoms with Crippen LogP contribution in [0.4, 0.5) is 5.69 Å². The summed E-state index contributed by atoms with van der Waals surface area (Å²) in [6, 6.07) is 5.40. The summed E-state index contributed by atoms with van der Waals surface area (Å²) >= 11 is 0. The molecular weight excluding hydrogens is 266 g/mol. The van der Waals surface area contributed by atoms with Crippen molar-refractivity contribution >= 4 is 17.5 Å². The van der Waals surface area contributed by atoms with Gasteiger partial charge in [-0.05, 0) is 37.1 Å². The van der Waals surface area contributed by atoms with Crippen LogP contribution in [0.2, 0.25) is 0 Å². The van der Waals surface area contributed by atoms with Crippen LogP contribution < -0.4 is 10.6 Å². The van der Waals surface area contributed by atoms with Crippen molar-refractivity contribution in [2.45, 2.75) is 13.8 Å². The molecule has 1 aliphatic heterocycles. The van der Waals surface area contributed by atoms with E-state index < -0.39 is 0 Å². The van der Waals surface area contributed by atoms with E-state index in [1.165, 1.54) is 4.90 Å². The van der Waals surface area contributed by atoms with Crippen LogP contribution in [-0.4, -0.2) is 43.9 Å². The molecule has 0 radical (unpaired) electrons. The normalized spacial score (nSPS) is 21.1. The molecule has 2 amide bonds. The second kappa shape index (κ2) is 6.26. The molecule has 0 spiro atoms. The fourth-order valence-electron chi connectivity index (χ4n) is 2.53. The number of hydrogen-bond acceptors (Lipinski definition) is 3. The summed E-state index contributed by atoms with van der Waals surface area (Å²) < 4.78 is 0. The summed E-state index contributed by atoms with van der Waals surface area (Å²) in [5.41, 5.74) is 2.25. The Morgan fingerprint density at radius 2 is 2.00 bits per heavy atom. The first kappa shape index (κ1) is 15.5. The summed E-state index contributed by atoms with van der Waals surface area (Å²) in [5, 5.41) is 6.19. The fourth-order valence-corrected chi connectivity index (χ4v) is 2.53. The van der Waals surface area contributed by atoms with Gasteiger partial charge in [0.15, 0.2) is 0 Å². The molecule has 5 nitrogen and oxygen atoms in total. The molecule has 0 aliphatic carbocycles. The predicted molar refractivity (Wildman–Crippen MR) is 83.3 cm³/mol. The monoisotopic (exact) mass is 289 g/mol. The Bertz CT molecular complexity index is 554. The zero-order valence-corrected chi connectivity index (χ0v) is 13.1. The van der Waals surface area contributed by atoms with Crippen LogP contribution in [0.1, 0.15) is 22.8 Å². The van der Waals surface area contributed by atoms with Crippen molar-refractivity contribution in [3.63, 3.8) is 0 Å². The highest BCUT2D eigenvalue weighted by Crippen LogP contribution is 2.22. The minimum absolute atomic E-state index is 0.0161. The molecule has 2 atom stereocenters. The average Bonchev–Trinajstić information content (AvgIpc) is 2.86. The molecule has 114 valence electrons. The van der Waals surface area contributed by atoms with Gasteiger partial charge in [0.25, 0.3) is 5.91 Å². The van der Waals surface area contributed by atoms with Crippen molar-refractivity contribution in [3.8, 4) is 0 Å². The van der Waals surface area contributed by atoms with Gasteiger partial charge in [0.2, 0.25) is 5.91 Å². The van der Waals surface area contributed by atoms with Crippen LogP contribution in [0.25, 0.3) is 0 Å². The molecule has 1 saturated heterocycles. The topological polar surface area (TPSA) is 61.4 Å². The van der Waals surface area contributed by atoms with Crippen molar-refractivity contribution in [1.82, 2.24) is 10.2 Å². The van der Waals surface area contributed by atoms with Crippen LogP contribution in [0.3, 0.4) is 0 Å². The van der Waals surface area contributed by atoms with Crippen LogP contribution in [-0.2, 0) is 4.79 Å². The number of hydrogen-bond donors (Lipinski definition) is 2. The van der Waals surface area contributed by atoms with E-state index in [0.717, 1.165) is 12.1 Å². The first-order valence-corrected chi connectivity index (χ1v) is 7.24. The molecule has 0 aromatic heterocycles. The van der Waals surface area contributed by atoms with E-state index in [1.807, 2.05) is 13.0 Å². The number of amides is 2. The van der Waals surface area contributed by atoms with Crippen LogP contribution >= 0.6 is 0 Å². The second-order valence-electron chi connectivity index (χ2n) is 5.96. The lowest BCUT2D eigenvalue weighted by Gasteiger charge is -2.17. The van der Waals surface area contributed by atoms with E-state index in [2.05, 4.69) is 17.6 Å². The Labute approximate surface area is 125 Å². The highest BCUT2D eigenvalue weighted by Gasteiger charge is 2.29. The average molecular weight is 289 g/mol. The number of anilines is 1. The fraction of sp³-hybridized carbons (Fsp3) is 0.500. The third-order valence-electron chi connectivity index (χ3n) is 4.00. The largest absolute Gasteiger partial charge is 0.345 e. The van der Waals surface area contributed by atoms with Crippen molar-refractivity contribution in [2.75, 3.05) is 32.5 Å². The van der Waals surface area contributed by atoms with Crippen LogP contribution in [0.5, 0.6) is 0 Å². The van der Waals surface area contributed by atoms with E-state index >= 15 is 0 Å². The Morgan fingerprint density at radius 1 is 1.29 bits per heavy atom. The number of nitrogens with zero attached hydrogens (tertiary/aromatic N) is 1. The Kier molecular flexibility index (Phi) is 4.63. The summed E-state index contributed by atoms with van der Waals surface area (Å²) in [6.45, 7) is 5.58. The molecule has 21 heavy (non-hydrogen) atoms. The molecule has 1 fully saturated rings. The number of benzene rings is 1. The van der Waals surface area contributed by atoms with Gasteiger partial charge < -0.3 is 15.5 Å². The zero-order valence-electron chi connectivity index (χ0n) is 13.1. The molecule has 0 bridgehead atoms. The second-order valence-corrected chi connectivity index (χ2v) is 5.96. The van der Waals surface area contributed by atoms with Gasteiger partial charge in [0.05, 0.1) is 5.92 Å². The first-order chi connectivity index (χ1) is 9.90. The number of rotatable bonds is 3. The summed E-state index contributed by atoms with van der Waals surface area (Å²) in [4.78, 5) is 25.9. The summed E-state index contributed by atoms with van der Waals surface area (Å²) in [6.07, 6.45) is 0. The van der Waals surface area contributed by atoms with Crippen molar-refractivity contribution in [1.29, 1.82) is 0 Å². The van der Waals surface area contributed by atoms with Crippen molar-refractivity contribution in [3.05, 3.63) is 29.3 Å². The molecule has 0 saturated carbocycles. The van der Waals surface area contributed by atoms with E-state index in [-0.39, 0.29) is 17.7 Å². The van der Waals surface area contributed by atoms with Gasteiger partial charge >= 0.3 is 0 Å². The molecular formula is C16H23N3O2. The molecule has 1 aromatic rings. The third kappa shape index (κ3) is 3.42. The minimum Gasteiger partial charge on any atom is -0.345 e. The summed E-state index contributed by atoms with van der Waals surface area (Å²) in [5.74, 6) is 0.265. The Morgan fingerprint density at radius 3 is 2.57 bits per heavy atom. The Balaban J connectivity index is 2.17. The van der Waals surface area contributed by atoms with Gasteiger partial charge in [0, 0.05) is 31.9 Å². The molecule has 2 rings (SSSR count). The van der Waals surface area contributed by atoms with Gasteiger partial charge in [0.1, 0.15) is 0 Å².